The maximum atomic E-state index is 13.7. The van der Waals surface area contributed by atoms with Crippen molar-refractivity contribution in [2.75, 3.05) is 11.4 Å². The number of hydrogen-bond donors (Lipinski definition) is 4. The van der Waals surface area contributed by atoms with E-state index in [0.717, 1.165) is 31.2 Å². The zero-order valence-electron chi connectivity index (χ0n) is 21.1. The molecule has 1 aliphatic heterocycles. The second-order valence-corrected chi connectivity index (χ2v) is 10.8. The van der Waals surface area contributed by atoms with Crippen molar-refractivity contribution in [2.24, 2.45) is 5.92 Å². The van der Waals surface area contributed by atoms with Crippen LogP contribution in [0.5, 0.6) is 0 Å². The highest BCUT2D eigenvalue weighted by atomic mass is 19.1. The van der Waals surface area contributed by atoms with Crippen molar-refractivity contribution in [3.05, 3.63) is 71.3 Å². The van der Waals surface area contributed by atoms with E-state index in [4.69, 9.17) is 0 Å². The standard InChI is InChI=1S/C27H33FN6O3/c1-26(2,37)20-11-13-27(14-12-20)17-33(22-9-7-21(28)8-10-22)25(36)34(27)16-18-3-5-19(6-4-18)24(35)29-15-23-30-32-31-23/h3-10,20,32,37H,11-17H2,1-2H3,(H,29,35)(H,30,31). The molecule has 0 unspecified atom stereocenters. The number of rotatable bonds is 7. The number of urea groups is 1. The molecule has 9 nitrogen and oxygen atoms in total. The van der Waals surface area contributed by atoms with Crippen molar-refractivity contribution in [3.8, 4) is 0 Å². The Morgan fingerprint density at radius 3 is 2.38 bits per heavy atom. The van der Waals surface area contributed by atoms with E-state index in [1.165, 1.54) is 12.1 Å². The molecule has 2 aliphatic rings. The van der Waals surface area contributed by atoms with Crippen molar-refractivity contribution in [3.63, 3.8) is 0 Å². The highest BCUT2D eigenvalue weighted by Gasteiger charge is 2.52. The number of amides is 3. The Hall–Kier alpha value is -3.66. The van der Waals surface area contributed by atoms with Crippen LogP contribution in [-0.4, -0.2) is 55.0 Å². The molecule has 1 saturated carbocycles. The zero-order valence-corrected chi connectivity index (χ0v) is 21.1. The molecule has 10 heteroatoms. The predicted octanol–water partition coefficient (Wildman–Crippen LogP) is 3.95. The number of nitrogens with one attached hydrogen (secondary N) is 3. The van der Waals surface area contributed by atoms with Gasteiger partial charge in [0.15, 0.2) is 5.82 Å². The fourth-order valence-electron chi connectivity index (χ4n) is 5.57. The van der Waals surface area contributed by atoms with E-state index >= 15 is 0 Å². The maximum absolute atomic E-state index is 13.7. The van der Waals surface area contributed by atoms with Crippen LogP contribution in [0.1, 0.15) is 61.3 Å². The van der Waals surface area contributed by atoms with Crippen molar-refractivity contribution >= 4 is 17.6 Å². The molecule has 1 aromatic heterocycles. The van der Waals surface area contributed by atoms with Crippen LogP contribution in [0.15, 0.2) is 48.5 Å². The van der Waals surface area contributed by atoms with Gasteiger partial charge >= 0.3 is 6.03 Å². The number of anilines is 1. The summed E-state index contributed by atoms with van der Waals surface area (Å²) >= 11 is 0. The van der Waals surface area contributed by atoms with Crippen LogP contribution in [-0.2, 0) is 13.1 Å². The van der Waals surface area contributed by atoms with Gasteiger partial charge in [-0.2, -0.15) is 0 Å². The Morgan fingerprint density at radius 2 is 1.81 bits per heavy atom. The smallest absolute Gasteiger partial charge is 0.325 e. The summed E-state index contributed by atoms with van der Waals surface area (Å²) < 4.78 is 13.6. The van der Waals surface area contributed by atoms with Gasteiger partial charge in [-0.3, -0.25) is 14.8 Å². The average molecular weight is 509 g/mol. The van der Waals surface area contributed by atoms with Gasteiger partial charge in [-0.15, -0.1) is 5.10 Å². The number of nitrogens with zero attached hydrogens (tertiary/aromatic N) is 3. The topological polar surface area (TPSA) is 117 Å². The lowest BCUT2D eigenvalue weighted by atomic mass is 9.71. The molecule has 37 heavy (non-hydrogen) atoms. The quantitative estimate of drug-likeness (QED) is 0.387. The molecule has 5 rings (SSSR count). The SMILES string of the molecule is CC(C)(O)C1CCC2(CC1)CN(c1ccc(F)cc1)C(=O)N2Cc1ccc(C(=O)NCc2n[nH][nH]2)cc1. The molecular weight excluding hydrogens is 475 g/mol. The number of carbonyl (C=O) groups excluding carboxylic acids is 2. The number of aliphatic hydroxyl groups is 1. The first-order chi connectivity index (χ1) is 17.6. The second kappa shape index (κ2) is 9.66. The Morgan fingerprint density at radius 1 is 1.16 bits per heavy atom. The molecule has 0 atom stereocenters. The fourth-order valence-corrected chi connectivity index (χ4v) is 5.57. The molecule has 2 aromatic carbocycles. The van der Waals surface area contributed by atoms with Gasteiger partial charge in [-0.05, 0) is 87.4 Å². The minimum absolute atomic E-state index is 0.113. The van der Waals surface area contributed by atoms with E-state index in [-0.39, 0.29) is 29.2 Å². The van der Waals surface area contributed by atoms with Crippen LogP contribution >= 0.6 is 0 Å². The molecule has 1 saturated heterocycles. The van der Waals surface area contributed by atoms with Gasteiger partial charge in [0.1, 0.15) is 5.82 Å². The lowest BCUT2D eigenvalue weighted by Crippen LogP contribution is -2.51. The van der Waals surface area contributed by atoms with E-state index in [9.17, 15) is 19.1 Å². The summed E-state index contributed by atoms with van der Waals surface area (Å²) in [7, 11) is 0. The summed E-state index contributed by atoms with van der Waals surface area (Å²) in [4.78, 5) is 29.8. The third kappa shape index (κ3) is 5.11. The molecule has 0 bridgehead atoms. The first kappa shape index (κ1) is 25.0. The van der Waals surface area contributed by atoms with Gasteiger partial charge in [0.2, 0.25) is 0 Å². The largest absolute Gasteiger partial charge is 0.390 e. The molecule has 1 spiro atoms. The second-order valence-electron chi connectivity index (χ2n) is 10.8. The van der Waals surface area contributed by atoms with E-state index in [0.29, 0.717) is 36.7 Å². The molecule has 3 amide bonds. The van der Waals surface area contributed by atoms with Gasteiger partial charge in [-0.1, -0.05) is 12.1 Å². The van der Waals surface area contributed by atoms with Crippen LogP contribution in [0, 0.1) is 11.7 Å². The summed E-state index contributed by atoms with van der Waals surface area (Å²) in [6, 6.07) is 13.2. The first-order valence-electron chi connectivity index (χ1n) is 12.7. The first-order valence-corrected chi connectivity index (χ1v) is 12.7. The van der Waals surface area contributed by atoms with Crippen LogP contribution < -0.4 is 10.2 Å². The van der Waals surface area contributed by atoms with Crippen molar-refractivity contribution in [1.82, 2.24) is 25.6 Å². The number of benzene rings is 2. The van der Waals surface area contributed by atoms with Crippen LogP contribution in [0.4, 0.5) is 14.9 Å². The summed E-state index contributed by atoms with van der Waals surface area (Å²) in [6.07, 6.45) is 3.19. The van der Waals surface area contributed by atoms with E-state index in [2.05, 4.69) is 20.7 Å². The Balaban J connectivity index is 1.34. The Bertz CT molecular complexity index is 1230. The highest BCUT2D eigenvalue weighted by molar-refractivity contribution is 5.95. The number of hydrogen-bond acceptors (Lipinski definition) is 4. The van der Waals surface area contributed by atoms with E-state index < -0.39 is 5.60 Å². The van der Waals surface area contributed by atoms with Crippen molar-refractivity contribution < 1.29 is 19.1 Å². The van der Waals surface area contributed by atoms with Gasteiger partial charge in [0.05, 0.1) is 24.2 Å². The fraction of sp³-hybridized carbons (Fsp3) is 0.444. The third-order valence-corrected chi connectivity index (χ3v) is 7.90. The van der Waals surface area contributed by atoms with Gasteiger partial charge in [0, 0.05) is 17.8 Å². The average Bonchev–Trinajstić information content (AvgIpc) is 3.10. The number of aromatic amines is 2. The number of H-pyrrole nitrogens is 2. The molecule has 4 N–H and O–H groups in total. The monoisotopic (exact) mass is 508 g/mol. The highest BCUT2D eigenvalue weighted by Crippen LogP contribution is 2.45. The normalized spacial score (nSPS) is 22.2. The molecule has 2 heterocycles. The van der Waals surface area contributed by atoms with Gasteiger partial charge < -0.3 is 15.3 Å². The van der Waals surface area contributed by atoms with E-state index in [1.807, 2.05) is 30.9 Å². The minimum atomic E-state index is -0.764. The summed E-state index contributed by atoms with van der Waals surface area (Å²) in [5, 5.41) is 22.6. The summed E-state index contributed by atoms with van der Waals surface area (Å²) in [5.41, 5.74) is 0.973. The Kier molecular flexibility index (Phi) is 6.53. The van der Waals surface area contributed by atoms with E-state index in [1.54, 1.807) is 29.2 Å². The third-order valence-electron chi connectivity index (χ3n) is 7.90. The van der Waals surface area contributed by atoms with Crippen LogP contribution in [0.3, 0.4) is 0 Å². The molecule has 196 valence electrons. The molecular formula is C27H33FN6O3. The van der Waals surface area contributed by atoms with Gasteiger partial charge in [-0.25, -0.2) is 14.4 Å². The Labute approximate surface area is 215 Å². The lowest BCUT2D eigenvalue weighted by Gasteiger charge is -2.45. The number of halogens is 1. The van der Waals surface area contributed by atoms with Crippen LogP contribution in [0.2, 0.25) is 0 Å². The molecule has 1 aliphatic carbocycles. The molecule has 0 radical (unpaired) electrons. The lowest BCUT2D eigenvalue weighted by molar-refractivity contribution is -0.0220. The molecule has 3 aromatic rings. The van der Waals surface area contributed by atoms with Crippen LogP contribution in [0.25, 0.3) is 0 Å². The maximum Gasteiger partial charge on any atom is 0.325 e. The predicted molar refractivity (Wildman–Crippen MR) is 136 cm³/mol. The summed E-state index contributed by atoms with van der Waals surface area (Å²) in [5.74, 6) is 0.284. The zero-order chi connectivity index (χ0) is 26.2. The van der Waals surface area contributed by atoms with Gasteiger partial charge in [0.25, 0.3) is 5.91 Å². The number of carbonyl (C=O) groups is 2. The van der Waals surface area contributed by atoms with Crippen molar-refractivity contribution in [2.45, 2.75) is 63.8 Å². The molecule has 2 fully saturated rings. The van der Waals surface area contributed by atoms with Crippen molar-refractivity contribution in [1.29, 1.82) is 0 Å². The minimum Gasteiger partial charge on any atom is -0.390 e. The summed E-state index contributed by atoms with van der Waals surface area (Å²) in [6.45, 7) is 4.93. The number of aromatic nitrogens is 3.